The smallest absolute Gasteiger partial charge is 0.0819 e. The second-order valence-electron chi connectivity index (χ2n) is 4.37. The van der Waals surface area contributed by atoms with E-state index in [2.05, 4.69) is 36.4 Å². The first-order chi connectivity index (χ1) is 5.49. The number of rotatable bonds is 2. The summed E-state index contributed by atoms with van der Waals surface area (Å²) in [5.74, 6) is 0. The molecule has 1 aliphatic rings. The Morgan fingerprint density at radius 3 is 2.50 bits per heavy atom. The quantitative estimate of drug-likeness (QED) is 0.497. The van der Waals surface area contributed by atoms with E-state index in [0.717, 1.165) is 18.0 Å². The van der Waals surface area contributed by atoms with Crippen molar-refractivity contribution in [1.29, 1.82) is 0 Å². The Balaban J connectivity index is 2.51. The lowest BCUT2D eigenvalue weighted by atomic mass is 10.4. The number of hydrogen-bond donors (Lipinski definition) is 0. The predicted molar refractivity (Wildman–Crippen MR) is 61.0 cm³/mol. The summed E-state index contributed by atoms with van der Waals surface area (Å²) in [4.78, 5) is 3.33. The van der Waals surface area contributed by atoms with Crippen LogP contribution < -0.4 is 0 Å². The Morgan fingerprint density at radius 1 is 1.42 bits per heavy atom. The summed E-state index contributed by atoms with van der Waals surface area (Å²) < 4.78 is 0. The van der Waals surface area contributed by atoms with Crippen LogP contribution in [0.4, 0.5) is 0 Å². The van der Waals surface area contributed by atoms with Gasteiger partial charge in [-0.05, 0) is 19.0 Å². The molecule has 1 rings (SSSR count). The zero-order valence-electron chi connectivity index (χ0n) is 8.13. The fourth-order valence-electron chi connectivity index (χ4n) is 1.14. The van der Waals surface area contributed by atoms with Gasteiger partial charge in [-0.15, -0.1) is 0 Å². The summed E-state index contributed by atoms with van der Waals surface area (Å²) in [5.41, 5.74) is 2.35. The minimum Gasteiger partial charge on any atom is -0.343 e. The van der Waals surface area contributed by atoms with Gasteiger partial charge in [-0.3, -0.25) is 0 Å². The Morgan fingerprint density at radius 2 is 2.08 bits per heavy atom. The SMILES string of the molecule is C[Si](C)(C)/C=C\N1CCCC1=S. The second-order valence-corrected chi connectivity index (χ2v) is 9.91. The highest BCUT2D eigenvalue weighted by molar-refractivity contribution is 7.80. The highest BCUT2D eigenvalue weighted by Gasteiger charge is 2.15. The van der Waals surface area contributed by atoms with Gasteiger partial charge in [-0.25, -0.2) is 0 Å². The molecule has 0 unspecified atom stereocenters. The monoisotopic (exact) mass is 199 g/mol. The van der Waals surface area contributed by atoms with E-state index in [1.54, 1.807) is 0 Å². The van der Waals surface area contributed by atoms with Crippen LogP contribution in [0.25, 0.3) is 0 Å². The highest BCUT2D eigenvalue weighted by Crippen LogP contribution is 2.13. The maximum Gasteiger partial charge on any atom is 0.0819 e. The van der Waals surface area contributed by atoms with Crippen molar-refractivity contribution in [2.45, 2.75) is 32.5 Å². The van der Waals surface area contributed by atoms with Gasteiger partial charge in [-0.1, -0.05) is 37.6 Å². The summed E-state index contributed by atoms with van der Waals surface area (Å²) in [6.45, 7) is 8.13. The standard InChI is InChI=1S/C9H17NSSi/c1-12(2,3)8-7-10-6-4-5-9(10)11/h7-8H,4-6H2,1-3H3/b8-7-. The Kier molecular flexibility index (Phi) is 3.07. The molecule has 0 aliphatic carbocycles. The van der Waals surface area contributed by atoms with Gasteiger partial charge in [0, 0.05) is 6.54 Å². The van der Waals surface area contributed by atoms with Gasteiger partial charge in [0.1, 0.15) is 0 Å². The van der Waals surface area contributed by atoms with Crippen molar-refractivity contribution in [2.75, 3.05) is 6.54 Å². The maximum absolute atomic E-state index is 5.22. The molecule has 0 bridgehead atoms. The van der Waals surface area contributed by atoms with Crippen molar-refractivity contribution in [3.8, 4) is 0 Å². The summed E-state index contributed by atoms with van der Waals surface area (Å²) in [6, 6.07) is 0. The van der Waals surface area contributed by atoms with Gasteiger partial charge in [0.2, 0.25) is 0 Å². The van der Waals surface area contributed by atoms with Crippen molar-refractivity contribution < 1.29 is 0 Å². The third-order valence-corrected chi connectivity index (χ3v) is 3.45. The summed E-state index contributed by atoms with van der Waals surface area (Å²) in [5, 5.41) is 0. The average molecular weight is 199 g/mol. The van der Waals surface area contributed by atoms with Gasteiger partial charge < -0.3 is 4.90 Å². The van der Waals surface area contributed by atoms with Crippen LogP contribution >= 0.6 is 12.2 Å². The van der Waals surface area contributed by atoms with E-state index >= 15 is 0 Å². The predicted octanol–water partition coefficient (Wildman–Crippen LogP) is 2.80. The molecular weight excluding hydrogens is 182 g/mol. The third kappa shape index (κ3) is 3.07. The molecule has 0 saturated carbocycles. The molecule has 0 aromatic heterocycles. The van der Waals surface area contributed by atoms with E-state index in [1.165, 1.54) is 6.42 Å². The molecular formula is C9H17NSSi. The molecule has 1 heterocycles. The van der Waals surface area contributed by atoms with Crippen LogP contribution in [0.15, 0.2) is 11.9 Å². The maximum atomic E-state index is 5.22. The van der Waals surface area contributed by atoms with Crippen molar-refractivity contribution >= 4 is 25.3 Å². The average Bonchev–Trinajstić information content (AvgIpc) is 2.29. The van der Waals surface area contributed by atoms with Crippen LogP contribution in [0.5, 0.6) is 0 Å². The van der Waals surface area contributed by atoms with E-state index in [9.17, 15) is 0 Å². The molecule has 0 amide bonds. The largest absolute Gasteiger partial charge is 0.343 e. The fraction of sp³-hybridized carbons (Fsp3) is 0.667. The lowest BCUT2D eigenvalue weighted by Gasteiger charge is -2.15. The van der Waals surface area contributed by atoms with Crippen LogP contribution in [0.1, 0.15) is 12.8 Å². The topological polar surface area (TPSA) is 3.24 Å². The highest BCUT2D eigenvalue weighted by atomic mass is 32.1. The van der Waals surface area contributed by atoms with Gasteiger partial charge in [0.15, 0.2) is 0 Å². The molecule has 3 heteroatoms. The molecule has 1 aliphatic heterocycles. The number of likely N-dealkylation sites (tertiary alicyclic amines) is 1. The molecule has 0 spiro atoms. The molecule has 0 atom stereocenters. The van der Waals surface area contributed by atoms with Gasteiger partial charge >= 0.3 is 0 Å². The van der Waals surface area contributed by atoms with Crippen LogP contribution in [0.3, 0.4) is 0 Å². The van der Waals surface area contributed by atoms with Crippen molar-refractivity contribution in [1.82, 2.24) is 4.90 Å². The Hall–Kier alpha value is -0.153. The molecule has 1 saturated heterocycles. The van der Waals surface area contributed by atoms with E-state index in [0.29, 0.717) is 0 Å². The van der Waals surface area contributed by atoms with E-state index in [-0.39, 0.29) is 0 Å². The Labute approximate surface area is 81.5 Å². The number of nitrogens with zero attached hydrogens (tertiary/aromatic N) is 1. The van der Waals surface area contributed by atoms with Crippen molar-refractivity contribution in [2.24, 2.45) is 0 Å². The lowest BCUT2D eigenvalue weighted by molar-refractivity contribution is 0.611. The molecule has 0 radical (unpaired) electrons. The van der Waals surface area contributed by atoms with Gasteiger partial charge in [0.25, 0.3) is 0 Å². The molecule has 0 N–H and O–H groups in total. The molecule has 0 aromatic carbocycles. The van der Waals surface area contributed by atoms with E-state index in [4.69, 9.17) is 12.2 Å². The molecule has 1 fully saturated rings. The molecule has 12 heavy (non-hydrogen) atoms. The van der Waals surface area contributed by atoms with Gasteiger partial charge in [-0.2, -0.15) is 0 Å². The normalized spacial score (nSPS) is 19.6. The number of hydrogen-bond acceptors (Lipinski definition) is 1. The molecule has 68 valence electrons. The zero-order valence-corrected chi connectivity index (χ0v) is 9.95. The first kappa shape index (κ1) is 9.93. The minimum atomic E-state index is -1.04. The van der Waals surface area contributed by atoms with Crippen LogP contribution in [0, 0.1) is 0 Å². The van der Waals surface area contributed by atoms with Crippen molar-refractivity contribution in [3.63, 3.8) is 0 Å². The summed E-state index contributed by atoms with van der Waals surface area (Å²) >= 11 is 5.22. The minimum absolute atomic E-state index is 1.04. The van der Waals surface area contributed by atoms with Gasteiger partial charge in [0.05, 0.1) is 13.1 Å². The van der Waals surface area contributed by atoms with Crippen LogP contribution in [0.2, 0.25) is 19.6 Å². The number of thiocarbonyl (C=S) groups is 1. The fourth-order valence-corrected chi connectivity index (χ4v) is 2.06. The van der Waals surface area contributed by atoms with Crippen molar-refractivity contribution in [3.05, 3.63) is 11.9 Å². The Bertz CT molecular complexity index is 205. The van der Waals surface area contributed by atoms with E-state index in [1.807, 2.05) is 0 Å². The summed E-state index contributed by atoms with van der Waals surface area (Å²) in [7, 11) is -1.04. The van der Waals surface area contributed by atoms with Crippen LogP contribution in [-0.2, 0) is 0 Å². The zero-order chi connectivity index (χ0) is 9.19. The van der Waals surface area contributed by atoms with Crippen LogP contribution in [-0.4, -0.2) is 24.5 Å². The van der Waals surface area contributed by atoms with E-state index < -0.39 is 8.07 Å². The molecule has 0 aromatic rings. The first-order valence-electron chi connectivity index (χ1n) is 4.48. The summed E-state index contributed by atoms with van der Waals surface area (Å²) in [6.07, 6.45) is 4.53. The second kappa shape index (κ2) is 3.71. The molecule has 1 nitrogen and oxygen atoms in total. The lowest BCUT2D eigenvalue weighted by Crippen LogP contribution is -2.21. The third-order valence-electron chi connectivity index (χ3n) is 1.86. The first-order valence-corrected chi connectivity index (χ1v) is 8.46.